The molecule has 1 atom stereocenters. The Kier molecular flexibility index (Phi) is 3.10. The minimum atomic E-state index is 0.214. The molecule has 2 heterocycles. The number of amidine groups is 1. The number of hydrogen-bond acceptors (Lipinski definition) is 2. The molecule has 0 fully saturated rings. The van der Waals surface area contributed by atoms with Crippen LogP contribution in [0.15, 0.2) is 77.8 Å². The predicted molar refractivity (Wildman–Crippen MR) is 104 cm³/mol. The SMILES string of the molecule is BrC1CN=C2c3ccccc3-c3c(-c4ccccc4)cccc3N21. The number of aliphatic imine (C=N–C) groups is 1. The minimum absolute atomic E-state index is 0.214. The van der Waals surface area contributed by atoms with Gasteiger partial charge in [-0.3, -0.25) is 4.99 Å². The van der Waals surface area contributed by atoms with E-state index in [0.29, 0.717) is 0 Å². The van der Waals surface area contributed by atoms with Crippen LogP contribution >= 0.6 is 15.9 Å². The highest BCUT2D eigenvalue weighted by molar-refractivity contribution is 9.09. The molecule has 0 bridgehead atoms. The molecule has 1 unspecified atom stereocenters. The van der Waals surface area contributed by atoms with Crippen LogP contribution in [0.5, 0.6) is 0 Å². The molecular formula is C21H15BrN2. The maximum atomic E-state index is 4.78. The highest BCUT2D eigenvalue weighted by Gasteiger charge is 2.36. The Balaban J connectivity index is 1.86. The van der Waals surface area contributed by atoms with E-state index >= 15 is 0 Å². The van der Waals surface area contributed by atoms with E-state index in [9.17, 15) is 0 Å². The van der Waals surface area contributed by atoms with Gasteiger partial charge >= 0.3 is 0 Å². The van der Waals surface area contributed by atoms with Crippen LogP contribution < -0.4 is 4.90 Å². The van der Waals surface area contributed by atoms with Crippen molar-refractivity contribution in [3.63, 3.8) is 0 Å². The van der Waals surface area contributed by atoms with E-state index in [1.165, 1.54) is 33.5 Å². The topological polar surface area (TPSA) is 15.6 Å². The molecule has 24 heavy (non-hydrogen) atoms. The second-order valence-corrected chi connectivity index (χ2v) is 7.14. The standard InChI is InChI=1S/C21H15BrN2/c22-19-13-23-21-17-10-5-4-9-16(17)20-15(14-7-2-1-3-8-14)11-6-12-18(20)24(19)21/h1-12,19H,13H2. The van der Waals surface area contributed by atoms with Crippen molar-refractivity contribution in [3.05, 3.63) is 78.4 Å². The van der Waals surface area contributed by atoms with Crippen LogP contribution in [0.3, 0.4) is 0 Å². The molecule has 2 nitrogen and oxygen atoms in total. The van der Waals surface area contributed by atoms with Crippen molar-refractivity contribution in [2.75, 3.05) is 11.4 Å². The largest absolute Gasteiger partial charge is 0.310 e. The summed E-state index contributed by atoms with van der Waals surface area (Å²) in [5.41, 5.74) is 7.53. The summed E-state index contributed by atoms with van der Waals surface area (Å²) in [5.74, 6) is 1.07. The Bertz CT molecular complexity index is 963. The Morgan fingerprint density at radius 1 is 0.792 bits per heavy atom. The number of benzene rings is 3. The van der Waals surface area contributed by atoms with Gasteiger partial charge in [0.1, 0.15) is 10.8 Å². The molecule has 3 aromatic carbocycles. The van der Waals surface area contributed by atoms with Gasteiger partial charge in [0, 0.05) is 11.1 Å². The first-order chi connectivity index (χ1) is 11.8. The molecule has 5 rings (SSSR count). The second kappa shape index (κ2) is 5.32. The zero-order chi connectivity index (χ0) is 16.1. The van der Waals surface area contributed by atoms with Crippen LogP contribution in [0.1, 0.15) is 5.56 Å². The first-order valence-electron chi connectivity index (χ1n) is 8.10. The summed E-state index contributed by atoms with van der Waals surface area (Å²) in [4.78, 5) is 7.31. The number of hydrogen-bond donors (Lipinski definition) is 0. The number of halogens is 1. The molecule has 3 aromatic rings. The predicted octanol–water partition coefficient (Wildman–Crippen LogP) is 5.32. The summed E-state index contributed by atoms with van der Waals surface area (Å²) in [5, 5.41) is 0. The van der Waals surface area contributed by atoms with Crippen molar-refractivity contribution in [3.8, 4) is 22.3 Å². The van der Waals surface area contributed by atoms with E-state index in [4.69, 9.17) is 4.99 Å². The summed E-state index contributed by atoms with van der Waals surface area (Å²) in [6.45, 7) is 0.776. The first-order valence-corrected chi connectivity index (χ1v) is 9.02. The van der Waals surface area contributed by atoms with Crippen LogP contribution in [0, 0.1) is 0 Å². The van der Waals surface area contributed by atoms with Gasteiger partial charge in [0.15, 0.2) is 0 Å². The van der Waals surface area contributed by atoms with Gasteiger partial charge in [0.25, 0.3) is 0 Å². The lowest BCUT2D eigenvalue weighted by atomic mass is 9.87. The van der Waals surface area contributed by atoms with Crippen molar-refractivity contribution in [1.29, 1.82) is 0 Å². The lowest BCUT2D eigenvalue weighted by molar-refractivity contribution is 0.970. The Morgan fingerprint density at radius 2 is 1.50 bits per heavy atom. The molecule has 0 N–H and O–H groups in total. The monoisotopic (exact) mass is 374 g/mol. The van der Waals surface area contributed by atoms with Gasteiger partial charge < -0.3 is 4.90 Å². The summed E-state index contributed by atoms with van der Waals surface area (Å²) in [6.07, 6.45) is 0. The maximum absolute atomic E-state index is 4.78. The number of fused-ring (bicyclic) bond motifs is 6. The maximum Gasteiger partial charge on any atom is 0.137 e. The normalized spacial score (nSPS) is 17.8. The van der Waals surface area contributed by atoms with Crippen molar-refractivity contribution in [2.24, 2.45) is 4.99 Å². The average Bonchev–Trinajstić information content (AvgIpc) is 3.04. The molecule has 2 aliphatic heterocycles. The zero-order valence-corrected chi connectivity index (χ0v) is 14.6. The highest BCUT2D eigenvalue weighted by atomic mass is 79.9. The van der Waals surface area contributed by atoms with E-state index in [1.807, 2.05) is 0 Å². The van der Waals surface area contributed by atoms with Crippen LogP contribution in [-0.4, -0.2) is 17.3 Å². The first kappa shape index (κ1) is 14.0. The Morgan fingerprint density at radius 3 is 2.33 bits per heavy atom. The highest BCUT2D eigenvalue weighted by Crippen LogP contribution is 2.47. The van der Waals surface area contributed by atoms with Gasteiger partial charge in [-0.05, 0) is 22.8 Å². The molecule has 0 aromatic heterocycles. The van der Waals surface area contributed by atoms with Crippen LogP contribution in [0.25, 0.3) is 22.3 Å². The fourth-order valence-electron chi connectivity index (χ4n) is 3.71. The fraction of sp³-hybridized carbons (Fsp3) is 0.0952. The third kappa shape index (κ3) is 1.91. The zero-order valence-electron chi connectivity index (χ0n) is 13.0. The van der Waals surface area contributed by atoms with Gasteiger partial charge in [-0.25, -0.2) is 0 Å². The lowest BCUT2D eigenvalue weighted by Crippen LogP contribution is -2.36. The molecule has 0 saturated heterocycles. The van der Waals surface area contributed by atoms with E-state index in [0.717, 1.165) is 12.4 Å². The molecule has 0 aliphatic carbocycles. The van der Waals surface area contributed by atoms with Crippen molar-refractivity contribution < 1.29 is 0 Å². The van der Waals surface area contributed by atoms with Gasteiger partial charge in [0.05, 0.1) is 12.2 Å². The number of alkyl halides is 1. The number of anilines is 1. The third-order valence-electron chi connectivity index (χ3n) is 4.72. The van der Waals surface area contributed by atoms with Gasteiger partial charge in [0.2, 0.25) is 0 Å². The fourth-order valence-corrected chi connectivity index (χ4v) is 4.27. The number of rotatable bonds is 1. The van der Waals surface area contributed by atoms with Crippen molar-refractivity contribution in [2.45, 2.75) is 4.95 Å². The molecule has 116 valence electrons. The summed E-state index contributed by atoms with van der Waals surface area (Å²) >= 11 is 3.79. The molecule has 2 aliphatic rings. The molecule has 0 spiro atoms. The Labute approximate surface area is 149 Å². The van der Waals surface area contributed by atoms with Gasteiger partial charge in [-0.2, -0.15) is 0 Å². The van der Waals surface area contributed by atoms with E-state index in [2.05, 4.69) is 93.6 Å². The quantitative estimate of drug-likeness (QED) is 0.415. The van der Waals surface area contributed by atoms with Gasteiger partial charge in [-0.1, -0.05) is 82.7 Å². The molecule has 0 radical (unpaired) electrons. The third-order valence-corrected chi connectivity index (χ3v) is 5.42. The molecule has 3 heteroatoms. The van der Waals surface area contributed by atoms with E-state index in [-0.39, 0.29) is 4.95 Å². The van der Waals surface area contributed by atoms with Crippen LogP contribution in [-0.2, 0) is 0 Å². The van der Waals surface area contributed by atoms with Crippen molar-refractivity contribution in [1.82, 2.24) is 0 Å². The van der Waals surface area contributed by atoms with E-state index < -0.39 is 0 Å². The average molecular weight is 375 g/mol. The molecular weight excluding hydrogens is 360 g/mol. The minimum Gasteiger partial charge on any atom is -0.310 e. The van der Waals surface area contributed by atoms with Gasteiger partial charge in [-0.15, -0.1) is 0 Å². The van der Waals surface area contributed by atoms with E-state index in [1.54, 1.807) is 0 Å². The Hall–Kier alpha value is -2.39. The molecule has 0 saturated carbocycles. The second-order valence-electron chi connectivity index (χ2n) is 6.08. The van der Waals surface area contributed by atoms with Crippen LogP contribution in [0.2, 0.25) is 0 Å². The smallest absolute Gasteiger partial charge is 0.137 e. The summed E-state index contributed by atoms with van der Waals surface area (Å²) in [6, 6.07) is 25.8. The lowest BCUT2D eigenvalue weighted by Gasteiger charge is -2.33. The van der Waals surface area contributed by atoms with Crippen LogP contribution in [0.4, 0.5) is 5.69 Å². The number of nitrogens with zero attached hydrogens (tertiary/aromatic N) is 2. The van der Waals surface area contributed by atoms with Crippen molar-refractivity contribution >= 4 is 27.5 Å². The molecule has 0 amide bonds. The summed E-state index contributed by atoms with van der Waals surface area (Å²) < 4.78 is 0. The summed E-state index contributed by atoms with van der Waals surface area (Å²) in [7, 11) is 0.